The molecule has 0 spiro atoms. The van der Waals surface area contributed by atoms with E-state index in [9.17, 15) is 63.2 Å². The number of nitrogens with two attached hydrogens (primary N) is 2. The number of ketones is 5. The molecule has 0 rings (SSSR count). The number of rotatable bonds is 73. The molecule has 0 saturated carbocycles. The lowest BCUT2D eigenvalue weighted by Gasteiger charge is -2.32. The standard InChI is InChI=1S/C62H116N10O18.C10H20N2O2.C4H8O/c1-48(71-81)61(3,4)68-43-51(44-69-62(5,6)49(2)72-82)70-56(76)26-19-24-53(74)42-50(60(80)65-8)20-9-14-27-66-57(77)47-90-41-38-87-37-39-88-45-54(75)23-13-18-31-84-33-35-86-34-32-83-29-16-11-21-52(73)22-12-17-30-85-36-40-89-46-58(78)67-28-15-10-25-55(64-7)59(63)79;1-3-4-5-6-9(10(11)14)12-7-8(2)13;1-3-4(2)5/h50-51,55,64,68-69,81-82H,9-47H2,1-8H3,(H2,63,79)(H,65,80)(H,66,77)(H,67,78)(H,70,76);9,12H,3-7H2,1-2H3,(H2,11,14);3H2,1-2H3/b71-48+,72-49+;;/t50-,55+;9-;/m10./s1. The Hall–Kier alpha value is -6.37. The number of hydrogen-bond donors (Lipinski definition) is 12. The van der Waals surface area contributed by atoms with Gasteiger partial charge in [-0.1, -0.05) is 49.8 Å². The Morgan fingerprint density at radius 1 is 0.431 bits per heavy atom. The molecule has 0 heterocycles. The van der Waals surface area contributed by atoms with Crippen molar-refractivity contribution < 1.29 is 101 Å². The number of nitrogens with one attached hydrogen (secondary N) is 8. The SMILES string of the molecule is CCC(C)=O.CCCCC[C@H](NCC(C)=O)C(N)=O.CNC(=O)[C@H](CCCCNC(=O)COCCOCCOCC(=O)CCCCOCCOCCOCCCCC(=O)CCCCOCCOCC(=O)NCCCC[C@H](NC)C(N)=O)CC(=O)CCCC(=O)NC(CNC(C)(C)/C(C)=N/O)CNC(C)(C)/C(C)=N/O. The molecule has 0 radical (unpaired) electrons. The van der Waals surface area contributed by atoms with E-state index in [2.05, 4.69) is 59.8 Å². The summed E-state index contributed by atoms with van der Waals surface area (Å²) < 4.78 is 43.9. The number of unbranched alkanes of at least 4 members (excludes halogenated alkanes) is 7. The Morgan fingerprint density at radius 2 is 0.826 bits per heavy atom. The summed E-state index contributed by atoms with van der Waals surface area (Å²) in [5, 5.41) is 48.7. The molecule has 0 aliphatic rings. The van der Waals surface area contributed by atoms with Gasteiger partial charge in [0.25, 0.3) is 0 Å². The highest BCUT2D eigenvalue weighted by Gasteiger charge is 2.28. The van der Waals surface area contributed by atoms with Crippen molar-refractivity contribution in [1.29, 1.82) is 0 Å². The van der Waals surface area contributed by atoms with Gasteiger partial charge < -0.3 is 102 Å². The van der Waals surface area contributed by atoms with E-state index in [4.69, 9.17) is 49.4 Å². The Bertz CT molecular complexity index is 2500. The molecule has 0 aromatic rings. The highest BCUT2D eigenvalue weighted by molar-refractivity contribution is 5.91. The van der Waals surface area contributed by atoms with Crippen molar-refractivity contribution >= 4 is 75.8 Å². The van der Waals surface area contributed by atoms with Crippen molar-refractivity contribution in [3.8, 4) is 0 Å². The molecular formula is C76H144N12O21. The molecule has 33 heteroatoms. The van der Waals surface area contributed by atoms with Gasteiger partial charge in [0.1, 0.15) is 43.0 Å². The third kappa shape index (κ3) is 68.2. The molecule has 109 heavy (non-hydrogen) atoms. The van der Waals surface area contributed by atoms with Crippen molar-refractivity contribution in [3.63, 3.8) is 0 Å². The Labute approximate surface area is 649 Å². The molecule has 634 valence electrons. The second-order valence-corrected chi connectivity index (χ2v) is 27.7. The molecule has 3 atom stereocenters. The summed E-state index contributed by atoms with van der Waals surface area (Å²) in [4.78, 5) is 130. The minimum Gasteiger partial charge on any atom is -0.411 e. The molecule has 0 aliphatic carbocycles. The molecule has 0 fully saturated rings. The van der Waals surface area contributed by atoms with Gasteiger partial charge in [-0.25, -0.2) is 0 Å². The van der Waals surface area contributed by atoms with Crippen molar-refractivity contribution in [1.82, 2.24) is 42.5 Å². The molecule has 14 N–H and O–H groups in total. The van der Waals surface area contributed by atoms with Gasteiger partial charge in [-0.05, 0) is 146 Å². The van der Waals surface area contributed by atoms with E-state index < -0.39 is 23.0 Å². The van der Waals surface area contributed by atoms with Crippen molar-refractivity contribution in [2.24, 2.45) is 27.7 Å². The molecule has 6 amide bonds. The van der Waals surface area contributed by atoms with E-state index in [0.717, 1.165) is 70.6 Å². The third-order valence-electron chi connectivity index (χ3n) is 17.3. The number of nitrogens with zero attached hydrogens (tertiary/aromatic N) is 2. The quantitative estimate of drug-likeness (QED) is 0.0174. The Morgan fingerprint density at radius 3 is 1.23 bits per heavy atom. The summed E-state index contributed by atoms with van der Waals surface area (Å²) in [6.45, 7) is 24.4. The zero-order chi connectivity index (χ0) is 82.4. The van der Waals surface area contributed by atoms with Gasteiger partial charge in [0.15, 0.2) is 5.78 Å². The number of ether oxygens (including phenoxy) is 8. The fraction of sp³-hybridized carbons (Fsp3) is 0.829. The fourth-order valence-electron chi connectivity index (χ4n) is 9.67. The third-order valence-corrected chi connectivity index (χ3v) is 17.3. The first-order valence-electron chi connectivity index (χ1n) is 39.0. The molecule has 33 nitrogen and oxygen atoms in total. The normalized spacial score (nSPS) is 12.6. The number of carbonyl (C=O) groups is 11. The van der Waals surface area contributed by atoms with Crippen molar-refractivity contribution in [2.45, 2.75) is 253 Å². The monoisotopic (exact) mass is 1560 g/mol. The Kier molecular flexibility index (Phi) is 70.5. The first kappa shape index (κ1) is 107. The summed E-state index contributed by atoms with van der Waals surface area (Å²) in [6.07, 6.45) is 14.9. The first-order chi connectivity index (χ1) is 52.0. The average molecular weight is 1560 g/mol. The molecular weight excluding hydrogens is 1420 g/mol. The maximum atomic E-state index is 13.0. The van der Waals surface area contributed by atoms with E-state index in [1.807, 2.05) is 34.6 Å². The lowest BCUT2D eigenvalue weighted by Crippen LogP contribution is -2.57. The lowest BCUT2D eigenvalue weighted by molar-refractivity contribution is -0.129. The molecule has 0 aromatic carbocycles. The molecule has 0 aliphatic heterocycles. The topological polar surface area (TPSA) is 475 Å². The van der Waals surface area contributed by atoms with E-state index >= 15 is 0 Å². The summed E-state index contributed by atoms with van der Waals surface area (Å²) in [6, 6.07) is -1.12. The van der Waals surface area contributed by atoms with E-state index in [1.165, 1.54) is 14.0 Å². The lowest BCUT2D eigenvalue weighted by atomic mass is 9.93. The highest BCUT2D eigenvalue weighted by atomic mass is 16.6. The van der Waals surface area contributed by atoms with E-state index in [-0.39, 0.29) is 148 Å². The number of oxime groups is 2. The van der Waals surface area contributed by atoms with Crippen molar-refractivity contribution in [3.05, 3.63) is 0 Å². The van der Waals surface area contributed by atoms with Crippen LogP contribution in [0.25, 0.3) is 0 Å². The number of likely N-dealkylation sites (N-methyl/N-ethyl adjacent to an activating group) is 1. The van der Waals surface area contributed by atoms with Gasteiger partial charge in [0.05, 0.1) is 113 Å². The second-order valence-electron chi connectivity index (χ2n) is 27.7. The maximum absolute atomic E-state index is 13.0. The number of Topliss-reactive ketones (excluding diaryl/α,β-unsaturated/α-hetero) is 5. The summed E-state index contributed by atoms with van der Waals surface area (Å²) in [5.74, 6) is -1.91. The van der Waals surface area contributed by atoms with Gasteiger partial charge in [-0.2, -0.15) is 0 Å². The smallest absolute Gasteiger partial charge is 0.245 e. The van der Waals surface area contributed by atoms with Crippen LogP contribution < -0.4 is 54.0 Å². The van der Waals surface area contributed by atoms with Crippen LogP contribution in [0.4, 0.5) is 0 Å². The van der Waals surface area contributed by atoms with Crippen LogP contribution in [0.15, 0.2) is 10.3 Å². The van der Waals surface area contributed by atoms with Gasteiger partial charge in [-0.15, -0.1) is 0 Å². The van der Waals surface area contributed by atoms with Gasteiger partial charge in [0.2, 0.25) is 35.4 Å². The maximum Gasteiger partial charge on any atom is 0.245 e. The van der Waals surface area contributed by atoms with E-state index in [1.54, 1.807) is 27.8 Å². The summed E-state index contributed by atoms with van der Waals surface area (Å²) in [7, 11) is 3.21. The minimum atomic E-state index is -0.658. The largest absolute Gasteiger partial charge is 0.411 e. The predicted molar refractivity (Wildman–Crippen MR) is 418 cm³/mol. The number of primary amides is 2. The van der Waals surface area contributed by atoms with E-state index in [0.29, 0.717) is 161 Å². The Balaban J connectivity index is -0.00000515. The number of amides is 6. The zero-order valence-corrected chi connectivity index (χ0v) is 68.3. The number of hydrogen-bond acceptors (Lipinski definition) is 27. The van der Waals surface area contributed by atoms with Crippen LogP contribution in [-0.2, 0) is 90.6 Å². The summed E-state index contributed by atoms with van der Waals surface area (Å²) >= 11 is 0. The van der Waals surface area contributed by atoms with Crippen LogP contribution in [0.1, 0.15) is 223 Å². The van der Waals surface area contributed by atoms with Crippen LogP contribution in [0.3, 0.4) is 0 Å². The van der Waals surface area contributed by atoms with Crippen molar-refractivity contribution in [2.75, 3.05) is 153 Å². The zero-order valence-electron chi connectivity index (χ0n) is 68.3. The average Bonchev–Trinajstić information content (AvgIpc) is 0.868. The van der Waals surface area contributed by atoms with Crippen LogP contribution >= 0.6 is 0 Å². The summed E-state index contributed by atoms with van der Waals surface area (Å²) in [5.41, 5.74) is 10.1. The predicted octanol–water partition coefficient (Wildman–Crippen LogP) is 4.41. The molecule has 0 aromatic heterocycles. The first-order valence-corrected chi connectivity index (χ1v) is 39.0. The fourth-order valence-corrected chi connectivity index (χ4v) is 9.67. The molecule has 0 unspecified atom stereocenters. The van der Waals surface area contributed by atoms with Crippen LogP contribution in [0, 0.1) is 5.92 Å². The second kappa shape index (κ2) is 71.9. The molecule has 0 saturated heterocycles. The number of carbonyl (C=O) groups excluding carboxylic acids is 11. The van der Waals surface area contributed by atoms with Gasteiger partial charge in [0, 0.05) is 104 Å². The van der Waals surface area contributed by atoms with Gasteiger partial charge >= 0.3 is 0 Å². The van der Waals surface area contributed by atoms with Crippen LogP contribution in [-0.4, -0.2) is 268 Å². The van der Waals surface area contributed by atoms with Crippen LogP contribution in [0.5, 0.6) is 0 Å². The minimum absolute atomic E-state index is 0.000669. The highest BCUT2D eigenvalue weighted by Crippen LogP contribution is 2.17. The molecule has 0 bridgehead atoms. The van der Waals surface area contributed by atoms with Gasteiger partial charge in [-0.3, -0.25) is 53.3 Å². The van der Waals surface area contributed by atoms with Crippen LogP contribution in [0.2, 0.25) is 0 Å².